The molecule has 36 heavy (non-hydrogen) atoms. The summed E-state index contributed by atoms with van der Waals surface area (Å²) >= 11 is 0. The van der Waals surface area contributed by atoms with E-state index in [1.54, 1.807) is 0 Å². The Morgan fingerprint density at radius 3 is 2.39 bits per heavy atom. The van der Waals surface area contributed by atoms with Crippen LogP contribution in [0.1, 0.15) is 48.7 Å². The average Bonchev–Trinajstić information content (AvgIpc) is 3.21. The lowest BCUT2D eigenvalue weighted by Gasteiger charge is -2.37. The quantitative estimate of drug-likeness (QED) is 0.507. The number of ether oxygens (including phenoxy) is 1. The molecular formula is C28H37N7O. The highest BCUT2D eigenvalue weighted by Crippen LogP contribution is 2.32. The summed E-state index contributed by atoms with van der Waals surface area (Å²) in [5.74, 6) is 0.926. The van der Waals surface area contributed by atoms with Crippen LogP contribution in [0.5, 0.6) is 0 Å². The number of nitrogens with zero attached hydrogens (tertiary/aromatic N) is 7. The van der Waals surface area contributed by atoms with E-state index in [4.69, 9.17) is 4.74 Å². The number of rotatable bonds is 7. The van der Waals surface area contributed by atoms with Crippen LogP contribution in [0.4, 0.5) is 5.69 Å². The normalized spacial score (nSPS) is 21.2. The highest BCUT2D eigenvalue weighted by molar-refractivity contribution is 5.49. The van der Waals surface area contributed by atoms with Gasteiger partial charge in [0.2, 0.25) is 0 Å². The molecule has 6 rings (SSSR count). The molecule has 1 aromatic heterocycles. The van der Waals surface area contributed by atoms with Crippen molar-refractivity contribution >= 4 is 5.69 Å². The van der Waals surface area contributed by atoms with Crippen LogP contribution >= 0.6 is 0 Å². The minimum absolute atomic E-state index is 0.0313. The predicted molar refractivity (Wildman–Crippen MR) is 140 cm³/mol. The van der Waals surface area contributed by atoms with Crippen LogP contribution in [-0.4, -0.2) is 88.5 Å². The Bertz CT molecular complexity index is 1090. The van der Waals surface area contributed by atoms with Crippen LogP contribution in [0.15, 0.2) is 54.6 Å². The van der Waals surface area contributed by atoms with Crippen molar-refractivity contribution in [1.82, 2.24) is 30.0 Å². The van der Waals surface area contributed by atoms with Crippen molar-refractivity contribution in [2.75, 3.05) is 57.4 Å². The van der Waals surface area contributed by atoms with Crippen LogP contribution in [0.3, 0.4) is 0 Å². The van der Waals surface area contributed by atoms with E-state index in [0.29, 0.717) is 6.54 Å². The van der Waals surface area contributed by atoms with E-state index in [0.717, 1.165) is 57.8 Å². The first-order valence-electron chi connectivity index (χ1n) is 13.6. The first kappa shape index (κ1) is 23.6. The van der Waals surface area contributed by atoms with Gasteiger partial charge in [-0.1, -0.05) is 48.9 Å². The number of aromatic nitrogens is 4. The van der Waals surface area contributed by atoms with Crippen molar-refractivity contribution in [2.24, 2.45) is 0 Å². The molecule has 0 spiro atoms. The Kier molecular flexibility index (Phi) is 7.25. The molecule has 2 aliphatic heterocycles. The lowest BCUT2D eigenvalue weighted by Crippen LogP contribution is -2.42. The molecule has 2 saturated heterocycles. The Balaban J connectivity index is 1.29. The van der Waals surface area contributed by atoms with Crippen molar-refractivity contribution in [3.05, 3.63) is 71.5 Å². The van der Waals surface area contributed by atoms with E-state index in [9.17, 15) is 0 Å². The van der Waals surface area contributed by atoms with E-state index in [2.05, 4.69) is 78.8 Å². The zero-order valence-corrected chi connectivity index (χ0v) is 21.1. The molecule has 0 bridgehead atoms. The standard InChI is InChI=1S/C28H37N7O/c1-2-6-23(7-3-1)22-35-28(29-30-31-35)27(34-15-5-14-32(16-17-34)25-8-4-9-25)24-10-12-26(13-11-24)33-18-20-36-21-19-33/h1-3,6-7,10-13,25,27H,4-5,8-9,14-22H2. The van der Waals surface area contributed by atoms with Gasteiger partial charge in [-0.25, -0.2) is 4.68 Å². The first-order chi connectivity index (χ1) is 17.8. The van der Waals surface area contributed by atoms with Gasteiger partial charge in [-0.3, -0.25) is 9.80 Å². The number of hydrogen-bond donors (Lipinski definition) is 0. The van der Waals surface area contributed by atoms with E-state index in [1.165, 1.54) is 49.0 Å². The summed E-state index contributed by atoms with van der Waals surface area (Å²) in [5.41, 5.74) is 3.73. The second kappa shape index (κ2) is 11.1. The summed E-state index contributed by atoms with van der Waals surface area (Å²) < 4.78 is 7.54. The van der Waals surface area contributed by atoms with Crippen LogP contribution in [0.25, 0.3) is 0 Å². The van der Waals surface area contributed by atoms with E-state index in [1.807, 2.05) is 10.7 Å². The molecular weight excluding hydrogens is 450 g/mol. The van der Waals surface area contributed by atoms with E-state index in [-0.39, 0.29) is 6.04 Å². The molecule has 0 amide bonds. The van der Waals surface area contributed by atoms with Gasteiger partial charge in [0.1, 0.15) is 0 Å². The number of anilines is 1. The largest absolute Gasteiger partial charge is 0.378 e. The van der Waals surface area contributed by atoms with Crippen LogP contribution in [0.2, 0.25) is 0 Å². The fraction of sp³-hybridized carbons (Fsp3) is 0.536. The molecule has 1 saturated carbocycles. The summed E-state index contributed by atoms with van der Waals surface area (Å²) in [6.07, 6.45) is 5.29. The minimum Gasteiger partial charge on any atom is -0.378 e. The predicted octanol–water partition coefficient (Wildman–Crippen LogP) is 3.21. The third-order valence-electron chi connectivity index (χ3n) is 8.09. The van der Waals surface area contributed by atoms with Gasteiger partial charge in [-0.2, -0.15) is 0 Å². The Labute approximate surface area is 213 Å². The van der Waals surface area contributed by atoms with Crippen molar-refractivity contribution in [1.29, 1.82) is 0 Å². The Morgan fingerprint density at radius 1 is 0.833 bits per heavy atom. The number of morpholine rings is 1. The maximum absolute atomic E-state index is 5.55. The molecule has 8 heteroatoms. The first-order valence-corrected chi connectivity index (χ1v) is 13.6. The monoisotopic (exact) mass is 487 g/mol. The van der Waals surface area contributed by atoms with Gasteiger partial charge in [0.15, 0.2) is 5.82 Å². The highest BCUT2D eigenvalue weighted by Gasteiger charge is 2.32. The molecule has 1 atom stereocenters. The minimum atomic E-state index is 0.0313. The summed E-state index contributed by atoms with van der Waals surface area (Å²) in [7, 11) is 0. The van der Waals surface area contributed by atoms with Gasteiger partial charge in [0.05, 0.1) is 25.8 Å². The van der Waals surface area contributed by atoms with Crippen LogP contribution in [0, 0.1) is 0 Å². The second-order valence-electron chi connectivity index (χ2n) is 10.3. The molecule has 2 aromatic carbocycles. The third-order valence-corrected chi connectivity index (χ3v) is 8.09. The molecule has 1 unspecified atom stereocenters. The van der Waals surface area contributed by atoms with Gasteiger partial charge >= 0.3 is 0 Å². The Morgan fingerprint density at radius 2 is 1.64 bits per heavy atom. The molecule has 3 aliphatic rings. The maximum atomic E-state index is 5.55. The topological polar surface area (TPSA) is 62.6 Å². The molecule has 3 aromatic rings. The van der Waals surface area contributed by atoms with Crippen molar-refractivity contribution in [3.63, 3.8) is 0 Å². The van der Waals surface area contributed by atoms with Gasteiger partial charge in [0, 0.05) is 44.5 Å². The van der Waals surface area contributed by atoms with Crippen LogP contribution in [-0.2, 0) is 11.3 Å². The molecule has 3 fully saturated rings. The fourth-order valence-corrected chi connectivity index (χ4v) is 5.82. The Hall–Kier alpha value is -2.81. The van der Waals surface area contributed by atoms with E-state index >= 15 is 0 Å². The molecule has 8 nitrogen and oxygen atoms in total. The molecule has 1 aliphatic carbocycles. The lowest BCUT2D eigenvalue weighted by molar-refractivity contribution is 0.122. The molecule has 0 radical (unpaired) electrons. The SMILES string of the molecule is c1ccc(Cn2nnnc2C(c2ccc(N3CCOCC3)cc2)N2CCCN(C3CCC3)CC2)cc1. The summed E-state index contributed by atoms with van der Waals surface area (Å²) in [4.78, 5) is 7.73. The smallest absolute Gasteiger partial charge is 0.173 e. The summed E-state index contributed by atoms with van der Waals surface area (Å²) in [6.45, 7) is 8.55. The van der Waals surface area contributed by atoms with E-state index < -0.39 is 0 Å². The van der Waals surface area contributed by atoms with Crippen molar-refractivity contribution < 1.29 is 4.74 Å². The van der Waals surface area contributed by atoms with Gasteiger partial charge in [-0.15, -0.1) is 5.10 Å². The van der Waals surface area contributed by atoms with Crippen molar-refractivity contribution in [2.45, 2.75) is 44.3 Å². The van der Waals surface area contributed by atoms with Gasteiger partial charge in [0.25, 0.3) is 0 Å². The van der Waals surface area contributed by atoms with Gasteiger partial charge < -0.3 is 9.64 Å². The third kappa shape index (κ3) is 5.16. The molecule has 190 valence electrons. The zero-order chi connectivity index (χ0) is 24.2. The number of benzene rings is 2. The van der Waals surface area contributed by atoms with Crippen LogP contribution < -0.4 is 4.90 Å². The highest BCUT2D eigenvalue weighted by atomic mass is 16.5. The number of hydrogen-bond acceptors (Lipinski definition) is 7. The fourth-order valence-electron chi connectivity index (χ4n) is 5.82. The summed E-state index contributed by atoms with van der Waals surface area (Å²) in [5, 5.41) is 13.2. The van der Waals surface area contributed by atoms with Crippen molar-refractivity contribution in [3.8, 4) is 0 Å². The average molecular weight is 488 g/mol. The van der Waals surface area contributed by atoms with Gasteiger partial charge in [-0.05, 0) is 59.5 Å². The second-order valence-corrected chi connectivity index (χ2v) is 10.3. The number of tetrazole rings is 1. The lowest BCUT2D eigenvalue weighted by atomic mass is 9.91. The zero-order valence-electron chi connectivity index (χ0n) is 21.1. The maximum Gasteiger partial charge on any atom is 0.173 e. The molecule has 0 N–H and O–H groups in total. The summed E-state index contributed by atoms with van der Waals surface area (Å²) in [6, 6.07) is 20.4. The molecule has 3 heterocycles.